The summed E-state index contributed by atoms with van der Waals surface area (Å²) in [5, 5.41) is 2.71. The van der Waals surface area contributed by atoms with Crippen LogP contribution in [-0.2, 0) is 10.0 Å². The maximum absolute atomic E-state index is 12.5. The first-order valence-corrected chi connectivity index (χ1v) is 9.76. The summed E-state index contributed by atoms with van der Waals surface area (Å²) in [5.41, 5.74) is 2.70. The number of rotatable bonds is 5. The zero-order valence-electron chi connectivity index (χ0n) is 14.9. The number of hydrogen-bond acceptors (Lipinski definition) is 4. The Morgan fingerprint density at radius 2 is 1.59 bits per heavy atom. The Morgan fingerprint density at radius 3 is 2.22 bits per heavy atom. The summed E-state index contributed by atoms with van der Waals surface area (Å²) in [7, 11) is -3.73. The summed E-state index contributed by atoms with van der Waals surface area (Å²) in [5.74, 6) is 0.118. The fraction of sp³-hybridized carbons (Fsp3) is 0.100. The van der Waals surface area contributed by atoms with Crippen LogP contribution >= 0.6 is 0 Å². The molecule has 0 aliphatic rings. The number of pyridine rings is 1. The van der Waals surface area contributed by atoms with Crippen molar-refractivity contribution in [2.24, 2.45) is 0 Å². The highest BCUT2D eigenvalue weighted by Crippen LogP contribution is 2.18. The molecule has 1 heterocycles. The highest BCUT2D eigenvalue weighted by molar-refractivity contribution is 7.92. The van der Waals surface area contributed by atoms with Crippen LogP contribution in [0.1, 0.15) is 21.5 Å². The molecule has 0 fully saturated rings. The van der Waals surface area contributed by atoms with Crippen LogP contribution in [0.3, 0.4) is 0 Å². The Kier molecular flexibility index (Phi) is 5.23. The van der Waals surface area contributed by atoms with Crippen LogP contribution in [0.4, 0.5) is 11.5 Å². The number of aromatic nitrogens is 1. The lowest BCUT2D eigenvalue weighted by molar-refractivity contribution is 0.102. The summed E-state index contributed by atoms with van der Waals surface area (Å²) in [6, 6.07) is 16.4. The molecule has 0 spiro atoms. The van der Waals surface area contributed by atoms with Crippen LogP contribution in [0, 0.1) is 13.8 Å². The number of aryl methyl sites for hydroxylation is 2. The van der Waals surface area contributed by atoms with Gasteiger partial charge in [0, 0.05) is 17.4 Å². The predicted octanol–water partition coefficient (Wildman–Crippen LogP) is 3.75. The van der Waals surface area contributed by atoms with E-state index in [4.69, 9.17) is 0 Å². The quantitative estimate of drug-likeness (QED) is 0.704. The zero-order valence-corrected chi connectivity index (χ0v) is 15.7. The third kappa shape index (κ3) is 4.51. The van der Waals surface area contributed by atoms with E-state index in [9.17, 15) is 13.2 Å². The Balaban J connectivity index is 1.75. The Bertz CT molecular complexity index is 1060. The minimum absolute atomic E-state index is 0.0774. The van der Waals surface area contributed by atoms with Crippen molar-refractivity contribution in [2.75, 3.05) is 10.0 Å². The SMILES string of the molecule is Cc1ccc(NS(=O)(=O)c2ccc(C(=O)Nc3ncccc3C)cc2)cc1. The van der Waals surface area contributed by atoms with E-state index in [0.717, 1.165) is 11.1 Å². The molecule has 0 radical (unpaired) electrons. The minimum Gasteiger partial charge on any atom is -0.306 e. The monoisotopic (exact) mass is 381 g/mol. The molecule has 0 aliphatic heterocycles. The lowest BCUT2D eigenvalue weighted by atomic mass is 10.2. The van der Waals surface area contributed by atoms with Crippen LogP contribution in [0.25, 0.3) is 0 Å². The van der Waals surface area contributed by atoms with Gasteiger partial charge < -0.3 is 5.32 Å². The van der Waals surface area contributed by atoms with Gasteiger partial charge in [-0.25, -0.2) is 13.4 Å². The van der Waals surface area contributed by atoms with Crippen LogP contribution in [0.5, 0.6) is 0 Å². The number of nitrogens with zero attached hydrogens (tertiary/aromatic N) is 1. The smallest absolute Gasteiger partial charge is 0.261 e. The van der Waals surface area contributed by atoms with Gasteiger partial charge in [0.05, 0.1) is 4.90 Å². The summed E-state index contributed by atoms with van der Waals surface area (Å²) in [6.07, 6.45) is 1.59. The van der Waals surface area contributed by atoms with E-state index in [-0.39, 0.29) is 10.8 Å². The van der Waals surface area contributed by atoms with Gasteiger partial charge in [-0.2, -0.15) is 0 Å². The first-order valence-electron chi connectivity index (χ1n) is 8.28. The molecule has 2 aromatic carbocycles. The van der Waals surface area contributed by atoms with Gasteiger partial charge in [-0.15, -0.1) is 0 Å². The highest BCUT2D eigenvalue weighted by atomic mass is 32.2. The van der Waals surface area contributed by atoms with Crippen LogP contribution in [-0.4, -0.2) is 19.3 Å². The molecule has 3 rings (SSSR count). The molecule has 0 atom stereocenters. The van der Waals surface area contributed by atoms with Crippen molar-refractivity contribution >= 4 is 27.4 Å². The van der Waals surface area contributed by atoms with Gasteiger partial charge in [-0.05, 0) is 61.9 Å². The Hall–Kier alpha value is -3.19. The van der Waals surface area contributed by atoms with Gasteiger partial charge in [0.1, 0.15) is 5.82 Å². The fourth-order valence-electron chi connectivity index (χ4n) is 2.42. The Labute approximate surface area is 158 Å². The van der Waals surface area contributed by atoms with Gasteiger partial charge in [-0.3, -0.25) is 9.52 Å². The second-order valence-electron chi connectivity index (χ2n) is 6.12. The second-order valence-corrected chi connectivity index (χ2v) is 7.80. The van der Waals surface area contributed by atoms with Gasteiger partial charge in [0.25, 0.3) is 15.9 Å². The molecule has 2 N–H and O–H groups in total. The number of anilines is 2. The highest BCUT2D eigenvalue weighted by Gasteiger charge is 2.15. The molecule has 3 aromatic rings. The van der Waals surface area contributed by atoms with Crippen molar-refractivity contribution in [3.8, 4) is 0 Å². The van der Waals surface area contributed by atoms with E-state index in [1.54, 1.807) is 24.4 Å². The molecular formula is C20H19N3O3S. The molecule has 0 aliphatic carbocycles. The van der Waals surface area contributed by atoms with E-state index in [1.807, 2.05) is 32.0 Å². The normalized spacial score (nSPS) is 11.0. The molecule has 0 saturated carbocycles. The van der Waals surface area contributed by atoms with E-state index >= 15 is 0 Å². The molecule has 138 valence electrons. The molecule has 0 saturated heterocycles. The summed E-state index contributed by atoms with van der Waals surface area (Å²) in [4.78, 5) is 16.5. The third-order valence-corrected chi connectivity index (χ3v) is 5.37. The average molecular weight is 381 g/mol. The number of amides is 1. The lowest BCUT2D eigenvalue weighted by Crippen LogP contribution is -2.15. The largest absolute Gasteiger partial charge is 0.306 e. The number of benzene rings is 2. The van der Waals surface area contributed by atoms with Crippen molar-refractivity contribution in [3.05, 3.63) is 83.6 Å². The van der Waals surface area contributed by atoms with Crippen molar-refractivity contribution in [3.63, 3.8) is 0 Å². The van der Waals surface area contributed by atoms with E-state index in [1.165, 1.54) is 24.3 Å². The van der Waals surface area contributed by atoms with Crippen molar-refractivity contribution in [1.29, 1.82) is 0 Å². The lowest BCUT2D eigenvalue weighted by Gasteiger charge is -2.10. The fourth-order valence-corrected chi connectivity index (χ4v) is 3.48. The maximum atomic E-state index is 12.5. The van der Waals surface area contributed by atoms with Crippen LogP contribution in [0.2, 0.25) is 0 Å². The third-order valence-electron chi connectivity index (χ3n) is 3.97. The van der Waals surface area contributed by atoms with E-state index < -0.39 is 10.0 Å². The number of sulfonamides is 1. The molecule has 0 unspecified atom stereocenters. The first kappa shape index (κ1) is 18.6. The first-order chi connectivity index (χ1) is 12.8. The summed E-state index contributed by atoms with van der Waals surface area (Å²) < 4.78 is 27.5. The van der Waals surface area contributed by atoms with E-state index in [0.29, 0.717) is 17.1 Å². The van der Waals surface area contributed by atoms with Gasteiger partial charge >= 0.3 is 0 Å². The molecule has 1 amide bonds. The number of nitrogens with one attached hydrogen (secondary N) is 2. The molecule has 6 nitrogen and oxygen atoms in total. The molecule has 27 heavy (non-hydrogen) atoms. The van der Waals surface area contributed by atoms with Crippen molar-refractivity contribution < 1.29 is 13.2 Å². The average Bonchev–Trinajstić information content (AvgIpc) is 2.65. The number of carbonyl (C=O) groups excluding carboxylic acids is 1. The van der Waals surface area contributed by atoms with Crippen molar-refractivity contribution in [2.45, 2.75) is 18.7 Å². The number of carbonyl (C=O) groups is 1. The summed E-state index contributed by atoms with van der Waals surface area (Å²) in [6.45, 7) is 3.77. The molecule has 0 bridgehead atoms. The van der Waals surface area contributed by atoms with Gasteiger partial charge in [-0.1, -0.05) is 23.8 Å². The van der Waals surface area contributed by atoms with Crippen LogP contribution in [0.15, 0.2) is 71.8 Å². The second kappa shape index (κ2) is 7.59. The van der Waals surface area contributed by atoms with E-state index in [2.05, 4.69) is 15.0 Å². The minimum atomic E-state index is -3.73. The van der Waals surface area contributed by atoms with Crippen LogP contribution < -0.4 is 10.0 Å². The molecule has 7 heteroatoms. The Morgan fingerprint density at radius 1 is 0.926 bits per heavy atom. The van der Waals surface area contributed by atoms with Crippen molar-refractivity contribution in [1.82, 2.24) is 4.98 Å². The topological polar surface area (TPSA) is 88.2 Å². The standard InChI is InChI=1S/C20H19N3O3S/c1-14-5-9-17(10-6-14)23-27(25,26)18-11-7-16(8-12-18)20(24)22-19-15(2)4-3-13-21-19/h3-13,23H,1-2H3,(H,21,22,24). The van der Waals surface area contributed by atoms with Gasteiger partial charge in [0.2, 0.25) is 0 Å². The maximum Gasteiger partial charge on any atom is 0.261 e. The number of hydrogen-bond donors (Lipinski definition) is 2. The zero-order chi connectivity index (χ0) is 19.4. The van der Waals surface area contributed by atoms with Gasteiger partial charge in [0.15, 0.2) is 0 Å². The molecule has 1 aromatic heterocycles. The summed E-state index contributed by atoms with van der Waals surface area (Å²) >= 11 is 0. The predicted molar refractivity (Wildman–Crippen MR) is 105 cm³/mol. The molecular weight excluding hydrogens is 362 g/mol.